The summed E-state index contributed by atoms with van der Waals surface area (Å²) in [5.41, 5.74) is 6.55. The summed E-state index contributed by atoms with van der Waals surface area (Å²) in [4.78, 5) is 0. The third kappa shape index (κ3) is 3.38. The predicted molar refractivity (Wildman–Crippen MR) is 76.9 cm³/mol. The number of aromatic nitrogens is 2. The Bertz CT molecular complexity index is 542. The Balaban J connectivity index is 2.05. The van der Waals surface area contributed by atoms with Gasteiger partial charge in [0, 0.05) is 45.5 Å². The van der Waals surface area contributed by atoms with Gasteiger partial charge in [0.1, 0.15) is 0 Å². The van der Waals surface area contributed by atoms with Crippen LogP contribution >= 0.6 is 0 Å². The van der Waals surface area contributed by atoms with E-state index in [0.29, 0.717) is 26.2 Å². The van der Waals surface area contributed by atoms with Gasteiger partial charge in [-0.1, -0.05) is 0 Å². The van der Waals surface area contributed by atoms with Gasteiger partial charge < -0.3 is 5.73 Å². The molecule has 1 fully saturated rings. The monoisotopic (exact) mass is 301 g/mol. The van der Waals surface area contributed by atoms with Crippen molar-refractivity contribution in [3.63, 3.8) is 0 Å². The molecule has 1 unspecified atom stereocenters. The van der Waals surface area contributed by atoms with Gasteiger partial charge in [0.05, 0.1) is 6.20 Å². The van der Waals surface area contributed by atoms with Gasteiger partial charge in [-0.2, -0.15) is 22.1 Å². The number of piperidine rings is 1. The molecule has 1 aliphatic rings. The minimum Gasteiger partial charge on any atom is -0.330 e. The Morgan fingerprint density at radius 2 is 2.30 bits per heavy atom. The Morgan fingerprint density at radius 1 is 1.55 bits per heavy atom. The van der Waals surface area contributed by atoms with Crippen LogP contribution in [0.3, 0.4) is 0 Å². The minimum atomic E-state index is -3.42. The van der Waals surface area contributed by atoms with Crippen LogP contribution in [0.25, 0.3) is 0 Å². The fraction of sp³-hybridized carbons (Fsp3) is 0.750. The normalized spacial score (nSPS) is 21.5. The van der Waals surface area contributed by atoms with E-state index in [1.165, 1.54) is 4.31 Å². The van der Waals surface area contributed by atoms with E-state index in [2.05, 4.69) is 5.10 Å². The van der Waals surface area contributed by atoms with Crippen molar-refractivity contribution in [3.05, 3.63) is 18.0 Å². The summed E-state index contributed by atoms with van der Waals surface area (Å²) in [7, 11) is -0.000394. The highest BCUT2D eigenvalue weighted by molar-refractivity contribution is 7.86. The van der Waals surface area contributed by atoms with Gasteiger partial charge in [0.15, 0.2) is 0 Å². The minimum absolute atomic E-state index is 0.269. The summed E-state index contributed by atoms with van der Waals surface area (Å²) in [6, 6.07) is 0. The summed E-state index contributed by atoms with van der Waals surface area (Å²) in [5.74, 6) is 0.269. The molecule has 0 amide bonds. The van der Waals surface area contributed by atoms with Crippen LogP contribution in [0, 0.1) is 5.92 Å². The van der Waals surface area contributed by atoms with Crippen LogP contribution in [-0.4, -0.2) is 53.5 Å². The predicted octanol–water partition coefficient (Wildman–Crippen LogP) is -0.233. The summed E-state index contributed by atoms with van der Waals surface area (Å²) in [5, 5.41) is 4.05. The van der Waals surface area contributed by atoms with Gasteiger partial charge in [-0.3, -0.25) is 4.68 Å². The van der Waals surface area contributed by atoms with Gasteiger partial charge in [-0.15, -0.1) is 0 Å². The molecule has 0 bridgehead atoms. The van der Waals surface area contributed by atoms with Crippen molar-refractivity contribution >= 4 is 10.2 Å². The molecule has 1 aliphatic heterocycles. The maximum atomic E-state index is 12.5. The summed E-state index contributed by atoms with van der Waals surface area (Å²) in [6.45, 7) is 1.98. The SMILES string of the molecule is CN(Cc1cnn(C)c1)S(=O)(=O)N1CCCC(CN)C1. The fourth-order valence-electron chi connectivity index (χ4n) is 2.52. The molecule has 0 aromatic carbocycles. The van der Waals surface area contributed by atoms with E-state index in [1.807, 2.05) is 13.2 Å². The quantitative estimate of drug-likeness (QED) is 0.814. The Morgan fingerprint density at radius 3 is 2.90 bits per heavy atom. The van der Waals surface area contributed by atoms with Crippen LogP contribution in [0.1, 0.15) is 18.4 Å². The van der Waals surface area contributed by atoms with Crippen LogP contribution in [-0.2, 0) is 23.8 Å². The highest BCUT2D eigenvalue weighted by Gasteiger charge is 2.31. The van der Waals surface area contributed by atoms with Crippen molar-refractivity contribution in [2.75, 3.05) is 26.7 Å². The van der Waals surface area contributed by atoms with Crippen molar-refractivity contribution in [1.82, 2.24) is 18.4 Å². The highest BCUT2D eigenvalue weighted by atomic mass is 32.2. The largest absolute Gasteiger partial charge is 0.330 e. The van der Waals surface area contributed by atoms with Gasteiger partial charge >= 0.3 is 0 Å². The lowest BCUT2D eigenvalue weighted by molar-refractivity contribution is 0.255. The maximum absolute atomic E-state index is 12.5. The molecule has 2 rings (SSSR count). The van der Waals surface area contributed by atoms with E-state index >= 15 is 0 Å². The van der Waals surface area contributed by atoms with E-state index in [1.54, 1.807) is 22.2 Å². The third-order valence-corrected chi connectivity index (χ3v) is 5.60. The molecule has 1 aromatic rings. The first kappa shape index (κ1) is 15.4. The number of aryl methyl sites for hydroxylation is 1. The van der Waals surface area contributed by atoms with Crippen LogP contribution in [0.4, 0.5) is 0 Å². The molecule has 0 spiro atoms. The molecule has 2 N–H and O–H groups in total. The van der Waals surface area contributed by atoms with Crippen LogP contribution in [0.15, 0.2) is 12.4 Å². The molecule has 0 aliphatic carbocycles. The molecule has 114 valence electrons. The number of rotatable bonds is 5. The van der Waals surface area contributed by atoms with Crippen molar-refractivity contribution < 1.29 is 8.42 Å². The zero-order valence-electron chi connectivity index (χ0n) is 12.1. The van der Waals surface area contributed by atoms with E-state index in [-0.39, 0.29) is 5.92 Å². The molecule has 0 saturated carbocycles. The Hall–Kier alpha value is -0.960. The third-order valence-electron chi connectivity index (χ3n) is 3.70. The molecule has 8 heteroatoms. The zero-order chi connectivity index (χ0) is 14.8. The van der Waals surface area contributed by atoms with E-state index in [9.17, 15) is 8.42 Å². The van der Waals surface area contributed by atoms with Gasteiger partial charge in [-0.05, 0) is 25.3 Å². The van der Waals surface area contributed by atoms with Gasteiger partial charge in [-0.25, -0.2) is 0 Å². The first-order valence-electron chi connectivity index (χ1n) is 6.82. The summed E-state index contributed by atoms with van der Waals surface area (Å²) >= 11 is 0. The summed E-state index contributed by atoms with van der Waals surface area (Å²) < 4.78 is 29.7. The van der Waals surface area contributed by atoms with Gasteiger partial charge in [0.2, 0.25) is 0 Å². The van der Waals surface area contributed by atoms with E-state index in [0.717, 1.165) is 18.4 Å². The lowest BCUT2D eigenvalue weighted by Gasteiger charge is -2.33. The number of nitrogens with zero attached hydrogens (tertiary/aromatic N) is 4. The molecule has 2 heterocycles. The van der Waals surface area contributed by atoms with E-state index in [4.69, 9.17) is 5.73 Å². The molecule has 1 aromatic heterocycles. The second-order valence-electron chi connectivity index (χ2n) is 5.39. The van der Waals surface area contributed by atoms with Crippen LogP contribution < -0.4 is 5.73 Å². The second kappa shape index (κ2) is 6.21. The number of hydrogen-bond donors (Lipinski definition) is 1. The molecule has 1 atom stereocenters. The van der Waals surface area contributed by atoms with Crippen molar-refractivity contribution in [2.45, 2.75) is 19.4 Å². The molecule has 20 heavy (non-hydrogen) atoms. The Kier molecular flexibility index (Phi) is 4.79. The number of nitrogens with two attached hydrogens (primary N) is 1. The van der Waals surface area contributed by atoms with E-state index < -0.39 is 10.2 Å². The lowest BCUT2D eigenvalue weighted by Crippen LogP contribution is -2.47. The maximum Gasteiger partial charge on any atom is 0.282 e. The first-order chi connectivity index (χ1) is 9.43. The average Bonchev–Trinajstić information content (AvgIpc) is 2.84. The number of hydrogen-bond acceptors (Lipinski definition) is 4. The standard InChI is InChI=1S/C12H23N5O2S/c1-15-8-12(7-14-15)9-16(2)20(18,19)17-5-3-4-11(6-13)10-17/h7-8,11H,3-6,9-10,13H2,1-2H3. The first-order valence-corrected chi connectivity index (χ1v) is 8.22. The van der Waals surface area contributed by atoms with Crippen LogP contribution in [0.5, 0.6) is 0 Å². The van der Waals surface area contributed by atoms with Crippen LogP contribution in [0.2, 0.25) is 0 Å². The lowest BCUT2D eigenvalue weighted by atomic mass is 10.0. The fourth-order valence-corrected chi connectivity index (χ4v) is 3.98. The van der Waals surface area contributed by atoms with Crippen molar-refractivity contribution in [1.29, 1.82) is 0 Å². The molecular formula is C12H23N5O2S. The van der Waals surface area contributed by atoms with Crippen molar-refractivity contribution in [3.8, 4) is 0 Å². The summed E-state index contributed by atoms with van der Waals surface area (Å²) in [6.07, 6.45) is 5.40. The average molecular weight is 301 g/mol. The second-order valence-corrected chi connectivity index (χ2v) is 7.42. The smallest absolute Gasteiger partial charge is 0.282 e. The zero-order valence-corrected chi connectivity index (χ0v) is 12.9. The Labute approximate surface area is 120 Å². The highest BCUT2D eigenvalue weighted by Crippen LogP contribution is 2.20. The molecule has 1 saturated heterocycles. The van der Waals surface area contributed by atoms with Gasteiger partial charge in [0.25, 0.3) is 10.2 Å². The topological polar surface area (TPSA) is 84.5 Å². The molecular weight excluding hydrogens is 278 g/mol. The van der Waals surface area contributed by atoms with Crippen molar-refractivity contribution in [2.24, 2.45) is 18.7 Å². The molecule has 0 radical (unpaired) electrons. The molecule has 7 nitrogen and oxygen atoms in total.